The molecule has 0 spiro atoms. The summed E-state index contributed by atoms with van der Waals surface area (Å²) in [6, 6.07) is 14.4. The van der Waals surface area contributed by atoms with Gasteiger partial charge >= 0.3 is 0 Å². The molecule has 2 aromatic carbocycles. The van der Waals surface area contributed by atoms with Crippen molar-refractivity contribution in [1.82, 2.24) is 4.98 Å². The smallest absolute Gasteiger partial charge is 0.280 e. The van der Waals surface area contributed by atoms with Crippen LogP contribution in [-0.4, -0.2) is 24.1 Å². The van der Waals surface area contributed by atoms with Crippen LogP contribution in [0, 0.1) is 21.4 Å². The molecule has 3 rings (SSSR count). The molecule has 28 heavy (non-hydrogen) atoms. The molecule has 0 aliphatic rings. The molecule has 0 atom stereocenters. The number of ether oxygens (including phenoxy) is 2. The third kappa shape index (κ3) is 3.84. The maximum Gasteiger partial charge on any atom is 0.280 e. The summed E-state index contributed by atoms with van der Waals surface area (Å²) in [5, 5.41) is 23.4. The zero-order chi connectivity index (χ0) is 20.1. The molecule has 8 heteroatoms. The van der Waals surface area contributed by atoms with Gasteiger partial charge in [-0.2, -0.15) is 5.26 Å². The van der Waals surface area contributed by atoms with Crippen molar-refractivity contribution in [2.45, 2.75) is 0 Å². The number of rotatable bonds is 6. The van der Waals surface area contributed by atoms with E-state index in [4.69, 9.17) is 9.47 Å². The summed E-state index contributed by atoms with van der Waals surface area (Å²) in [5.74, 6) is 0.575. The molecule has 0 radical (unpaired) electrons. The number of allylic oxidation sites excluding steroid dienone is 1. The number of hydrogen-bond acceptors (Lipinski definition) is 7. The van der Waals surface area contributed by atoms with Gasteiger partial charge in [0.15, 0.2) is 11.5 Å². The fourth-order valence-electron chi connectivity index (χ4n) is 2.59. The molecular formula is C20H15N3O4S. The average Bonchev–Trinajstić information content (AvgIpc) is 3.22. The Hall–Kier alpha value is -3.70. The van der Waals surface area contributed by atoms with E-state index in [9.17, 15) is 15.4 Å². The lowest BCUT2D eigenvalue weighted by Gasteiger charge is -2.09. The summed E-state index contributed by atoms with van der Waals surface area (Å²) < 4.78 is 10.3. The Labute approximate surface area is 165 Å². The number of nitrogens with zero attached hydrogens (tertiary/aromatic N) is 3. The van der Waals surface area contributed by atoms with Crippen LogP contribution in [0.4, 0.5) is 5.69 Å². The summed E-state index contributed by atoms with van der Waals surface area (Å²) in [7, 11) is 2.84. The van der Waals surface area contributed by atoms with Crippen molar-refractivity contribution >= 4 is 28.7 Å². The zero-order valence-corrected chi connectivity index (χ0v) is 15.9. The second-order valence-corrected chi connectivity index (χ2v) is 6.45. The Morgan fingerprint density at radius 3 is 2.50 bits per heavy atom. The Balaban J connectivity index is 2.07. The number of nitro benzene ring substituents is 1. The molecule has 0 saturated heterocycles. The number of hydrogen-bond donors (Lipinski definition) is 0. The highest BCUT2D eigenvalue weighted by atomic mass is 32.1. The molecule has 3 aromatic rings. The summed E-state index contributed by atoms with van der Waals surface area (Å²) in [5.41, 5.74) is 1.94. The molecule has 0 N–H and O–H groups in total. The lowest BCUT2D eigenvalue weighted by molar-refractivity contribution is -0.385. The standard InChI is InChI=1S/C20H15N3O4S/c1-26-18-9-14(17(23(24)25)10-19(18)27-2)8-15(11-21)20-22-16(12-28-20)13-6-4-3-5-7-13/h3-10,12H,1-2H3. The van der Waals surface area contributed by atoms with Crippen LogP contribution in [0.3, 0.4) is 0 Å². The number of nitriles is 1. The minimum atomic E-state index is -0.528. The second kappa shape index (κ2) is 8.33. The molecule has 0 bridgehead atoms. The van der Waals surface area contributed by atoms with Crippen molar-refractivity contribution in [3.63, 3.8) is 0 Å². The first kappa shape index (κ1) is 19.1. The third-order valence-electron chi connectivity index (χ3n) is 3.95. The van der Waals surface area contributed by atoms with Crippen molar-refractivity contribution in [3.05, 3.63) is 68.5 Å². The molecule has 0 amide bonds. The van der Waals surface area contributed by atoms with Crippen molar-refractivity contribution < 1.29 is 14.4 Å². The van der Waals surface area contributed by atoms with E-state index >= 15 is 0 Å². The Kier molecular flexibility index (Phi) is 5.67. The SMILES string of the molecule is COc1cc(C=C(C#N)c2nc(-c3ccccc3)cs2)c([N+](=O)[O-])cc1OC. The van der Waals surface area contributed by atoms with Crippen LogP contribution >= 0.6 is 11.3 Å². The second-order valence-electron chi connectivity index (χ2n) is 5.60. The normalized spacial score (nSPS) is 11.0. The van der Waals surface area contributed by atoms with E-state index in [1.54, 1.807) is 0 Å². The number of benzene rings is 2. The first-order valence-corrected chi connectivity index (χ1v) is 8.99. The van der Waals surface area contributed by atoms with Crippen LogP contribution in [0.25, 0.3) is 22.9 Å². The van der Waals surface area contributed by atoms with Crippen LogP contribution < -0.4 is 9.47 Å². The minimum Gasteiger partial charge on any atom is -0.493 e. The predicted octanol–water partition coefficient (Wildman–Crippen LogP) is 4.80. The van der Waals surface area contributed by atoms with Crippen molar-refractivity contribution in [2.75, 3.05) is 14.2 Å². The minimum absolute atomic E-state index is 0.190. The van der Waals surface area contributed by atoms with Crippen LogP contribution in [0.1, 0.15) is 10.6 Å². The molecule has 7 nitrogen and oxygen atoms in total. The van der Waals surface area contributed by atoms with Gasteiger partial charge < -0.3 is 9.47 Å². The maximum absolute atomic E-state index is 11.5. The van der Waals surface area contributed by atoms with Gasteiger partial charge in [0.1, 0.15) is 11.1 Å². The van der Waals surface area contributed by atoms with Gasteiger partial charge in [-0.25, -0.2) is 4.98 Å². The highest BCUT2D eigenvalue weighted by Gasteiger charge is 2.20. The third-order valence-corrected chi connectivity index (χ3v) is 4.83. The van der Waals surface area contributed by atoms with Crippen LogP contribution in [0.2, 0.25) is 0 Å². The predicted molar refractivity (Wildman–Crippen MR) is 107 cm³/mol. The molecule has 0 unspecified atom stereocenters. The van der Waals surface area contributed by atoms with Crippen molar-refractivity contribution in [2.24, 2.45) is 0 Å². The van der Waals surface area contributed by atoms with Gasteiger partial charge in [0.05, 0.1) is 42.0 Å². The Bertz CT molecular complexity index is 1080. The summed E-state index contributed by atoms with van der Waals surface area (Å²) in [6.45, 7) is 0. The zero-order valence-electron chi connectivity index (χ0n) is 15.1. The largest absolute Gasteiger partial charge is 0.493 e. The van der Waals surface area contributed by atoms with E-state index in [1.807, 2.05) is 35.7 Å². The number of thiazole rings is 1. The molecule has 0 saturated carbocycles. The van der Waals surface area contributed by atoms with Gasteiger partial charge in [0.2, 0.25) is 0 Å². The van der Waals surface area contributed by atoms with Gasteiger partial charge in [0.25, 0.3) is 5.69 Å². The maximum atomic E-state index is 11.5. The van der Waals surface area contributed by atoms with E-state index in [0.29, 0.717) is 10.8 Å². The average molecular weight is 393 g/mol. The molecule has 0 aliphatic carbocycles. The van der Waals surface area contributed by atoms with E-state index < -0.39 is 4.92 Å². The van der Waals surface area contributed by atoms with Crippen LogP contribution in [0.15, 0.2) is 47.8 Å². The summed E-state index contributed by atoms with van der Waals surface area (Å²) in [6.07, 6.45) is 1.44. The highest BCUT2D eigenvalue weighted by Crippen LogP contribution is 2.36. The van der Waals surface area contributed by atoms with Gasteiger partial charge in [-0.3, -0.25) is 10.1 Å². The number of methoxy groups -OCH3 is 2. The van der Waals surface area contributed by atoms with E-state index in [2.05, 4.69) is 11.1 Å². The monoisotopic (exact) mass is 393 g/mol. The van der Waals surface area contributed by atoms with E-state index in [1.165, 1.54) is 43.8 Å². The van der Waals surface area contributed by atoms with Gasteiger partial charge in [-0.1, -0.05) is 30.3 Å². The summed E-state index contributed by atoms with van der Waals surface area (Å²) >= 11 is 1.30. The van der Waals surface area contributed by atoms with Gasteiger partial charge in [0, 0.05) is 10.9 Å². The molecule has 140 valence electrons. The topological polar surface area (TPSA) is 98.3 Å². The summed E-state index contributed by atoms with van der Waals surface area (Å²) in [4.78, 5) is 15.4. The molecule has 0 fully saturated rings. The van der Waals surface area contributed by atoms with E-state index in [0.717, 1.165) is 11.3 Å². The first-order chi connectivity index (χ1) is 13.6. The molecule has 0 aliphatic heterocycles. The number of aromatic nitrogens is 1. The van der Waals surface area contributed by atoms with Crippen molar-refractivity contribution in [3.8, 4) is 28.8 Å². The van der Waals surface area contributed by atoms with Crippen molar-refractivity contribution in [1.29, 1.82) is 5.26 Å². The molecule has 1 heterocycles. The lowest BCUT2D eigenvalue weighted by atomic mass is 10.1. The fourth-order valence-corrected chi connectivity index (χ4v) is 3.39. The highest BCUT2D eigenvalue weighted by molar-refractivity contribution is 7.11. The Morgan fingerprint density at radius 2 is 1.89 bits per heavy atom. The van der Waals surface area contributed by atoms with Gasteiger partial charge in [-0.15, -0.1) is 11.3 Å². The quantitative estimate of drug-likeness (QED) is 0.339. The van der Waals surface area contributed by atoms with Crippen LogP contribution in [-0.2, 0) is 0 Å². The molecule has 1 aromatic heterocycles. The lowest BCUT2D eigenvalue weighted by Crippen LogP contribution is -1.97. The Morgan fingerprint density at radius 1 is 1.21 bits per heavy atom. The van der Waals surface area contributed by atoms with Crippen LogP contribution in [0.5, 0.6) is 11.5 Å². The van der Waals surface area contributed by atoms with E-state index in [-0.39, 0.29) is 22.6 Å². The van der Waals surface area contributed by atoms with Gasteiger partial charge in [-0.05, 0) is 12.1 Å². The number of nitro groups is 1. The fraction of sp³-hybridized carbons (Fsp3) is 0.100. The molecular weight excluding hydrogens is 378 g/mol. The first-order valence-electron chi connectivity index (χ1n) is 8.11.